The zero-order valence-electron chi connectivity index (χ0n) is 9.87. The van der Waals surface area contributed by atoms with Crippen LogP contribution in [0.15, 0.2) is 24.5 Å². The SMILES string of the molecule is CCC=CCCC=COCCCC(C)=O. The van der Waals surface area contributed by atoms with Crippen molar-refractivity contribution in [2.45, 2.75) is 46.0 Å². The Morgan fingerprint density at radius 1 is 1.20 bits per heavy atom. The van der Waals surface area contributed by atoms with Crippen LogP contribution < -0.4 is 0 Å². The van der Waals surface area contributed by atoms with Gasteiger partial charge in [0, 0.05) is 6.42 Å². The van der Waals surface area contributed by atoms with Crippen molar-refractivity contribution >= 4 is 5.78 Å². The van der Waals surface area contributed by atoms with Crippen LogP contribution in [0.25, 0.3) is 0 Å². The molecule has 0 saturated carbocycles. The Labute approximate surface area is 93.0 Å². The van der Waals surface area contributed by atoms with E-state index in [1.165, 1.54) is 0 Å². The molecule has 0 aromatic heterocycles. The van der Waals surface area contributed by atoms with Crippen molar-refractivity contribution in [2.75, 3.05) is 6.61 Å². The van der Waals surface area contributed by atoms with Gasteiger partial charge in [-0.15, -0.1) is 0 Å². The molecule has 0 unspecified atom stereocenters. The Kier molecular flexibility index (Phi) is 10.3. The molecule has 0 bridgehead atoms. The zero-order chi connectivity index (χ0) is 11.4. The molecule has 0 aliphatic rings. The lowest BCUT2D eigenvalue weighted by atomic mass is 10.2. The van der Waals surface area contributed by atoms with E-state index in [4.69, 9.17) is 4.74 Å². The van der Waals surface area contributed by atoms with E-state index < -0.39 is 0 Å². The molecular weight excluding hydrogens is 188 g/mol. The van der Waals surface area contributed by atoms with E-state index in [0.29, 0.717) is 13.0 Å². The van der Waals surface area contributed by atoms with Gasteiger partial charge in [-0.3, -0.25) is 0 Å². The molecule has 0 fully saturated rings. The van der Waals surface area contributed by atoms with Gasteiger partial charge < -0.3 is 9.53 Å². The fraction of sp³-hybridized carbons (Fsp3) is 0.615. The minimum Gasteiger partial charge on any atom is -0.502 e. The Morgan fingerprint density at radius 3 is 2.60 bits per heavy atom. The summed E-state index contributed by atoms with van der Waals surface area (Å²) in [6, 6.07) is 0. The van der Waals surface area contributed by atoms with E-state index in [0.717, 1.165) is 25.7 Å². The summed E-state index contributed by atoms with van der Waals surface area (Å²) in [4.78, 5) is 10.6. The van der Waals surface area contributed by atoms with Crippen molar-refractivity contribution in [2.24, 2.45) is 0 Å². The van der Waals surface area contributed by atoms with Crippen molar-refractivity contribution in [3.63, 3.8) is 0 Å². The highest BCUT2D eigenvalue weighted by Gasteiger charge is 1.91. The number of hydrogen-bond donors (Lipinski definition) is 0. The maximum atomic E-state index is 10.6. The number of Topliss-reactive ketones (excluding diaryl/α,β-unsaturated/α-hetero) is 1. The number of carbonyl (C=O) groups excluding carboxylic acids is 1. The standard InChI is InChI=1S/C13H22O2/c1-3-4-5-6-7-8-11-15-12-9-10-13(2)14/h4-5,8,11H,3,6-7,9-10,12H2,1-2H3. The molecular formula is C13H22O2. The first-order valence-corrected chi connectivity index (χ1v) is 5.68. The molecule has 0 aromatic carbocycles. The highest BCUT2D eigenvalue weighted by molar-refractivity contribution is 5.75. The fourth-order valence-corrected chi connectivity index (χ4v) is 1.09. The largest absolute Gasteiger partial charge is 0.502 e. The van der Waals surface area contributed by atoms with Crippen LogP contribution >= 0.6 is 0 Å². The number of rotatable bonds is 9. The highest BCUT2D eigenvalue weighted by atomic mass is 16.5. The molecule has 0 rings (SSSR count). The van der Waals surface area contributed by atoms with E-state index in [-0.39, 0.29) is 5.78 Å². The van der Waals surface area contributed by atoms with E-state index in [9.17, 15) is 4.79 Å². The average Bonchev–Trinajstić information content (AvgIpc) is 2.20. The van der Waals surface area contributed by atoms with Gasteiger partial charge >= 0.3 is 0 Å². The second-order valence-electron chi connectivity index (χ2n) is 3.51. The molecule has 0 aromatic rings. The van der Waals surface area contributed by atoms with Crippen LogP contribution in [-0.4, -0.2) is 12.4 Å². The highest BCUT2D eigenvalue weighted by Crippen LogP contribution is 1.96. The molecule has 0 amide bonds. The quantitative estimate of drug-likeness (QED) is 0.330. The third kappa shape index (κ3) is 12.9. The predicted octanol–water partition coefficient (Wildman–Crippen LogP) is 3.63. The van der Waals surface area contributed by atoms with Crippen LogP contribution in [0.4, 0.5) is 0 Å². The van der Waals surface area contributed by atoms with E-state index in [1.807, 2.05) is 6.08 Å². The van der Waals surface area contributed by atoms with Crippen molar-refractivity contribution in [1.29, 1.82) is 0 Å². The van der Waals surface area contributed by atoms with Gasteiger partial charge in [0.1, 0.15) is 5.78 Å². The number of ether oxygens (including phenoxy) is 1. The van der Waals surface area contributed by atoms with Crippen molar-refractivity contribution in [1.82, 2.24) is 0 Å². The molecule has 2 nitrogen and oxygen atoms in total. The van der Waals surface area contributed by atoms with Crippen LogP contribution in [0.3, 0.4) is 0 Å². The second kappa shape index (κ2) is 11.0. The summed E-state index contributed by atoms with van der Waals surface area (Å²) in [5.74, 6) is 0.229. The molecule has 0 N–H and O–H groups in total. The lowest BCUT2D eigenvalue weighted by Crippen LogP contribution is -1.94. The molecule has 2 heteroatoms. The first-order valence-electron chi connectivity index (χ1n) is 5.68. The topological polar surface area (TPSA) is 26.3 Å². The van der Waals surface area contributed by atoms with Crippen LogP contribution in [0, 0.1) is 0 Å². The van der Waals surface area contributed by atoms with Gasteiger partial charge in [-0.2, -0.15) is 0 Å². The Hall–Kier alpha value is -1.05. The third-order valence-corrected chi connectivity index (χ3v) is 1.89. The molecule has 15 heavy (non-hydrogen) atoms. The Balaban J connectivity index is 3.17. The Bertz CT molecular complexity index is 205. The first-order chi connectivity index (χ1) is 7.27. The summed E-state index contributed by atoms with van der Waals surface area (Å²) in [7, 11) is 0. The number of allylic oxidation sites excluding steroid dienone is 3. The van der Waals surface area contributed by atoms with E-state index in [2.05, 4.69) is 19.1 Å². The summed E-state index contributed by atoms with van der Waals surface area (Å²) >= 11 is 0. The van der Waals surface area contributed by atoms with Gasteiger partial charge in [0.25, 0.3) is 0 Å². The first kappa shape index (κ1) is 13.9. The van der Waals surface area contributed by atoms with Gasteiger partial charge in [-0.05, 0) is 38.7 Å². The van der Waals surface area contributed by atoms with Gasteiger partial charge in [0.05, 0.1) is 12.9 Å². The van der Waals surface area contributed by atoms with Crippen molar-refractivity contribution < 1.29 is 9.53 Å². The van der Waals surface area contributed by atoms with Crippen LogP contribution in [-0.2, 0) is 9.53 Å². The number of hydrogen-bond acceptors (Lipinski definition) is 2. The number of carbonyl (C=O) groups is 1. The molecule has 0 aliphatic carbocycles. The molecule has 0 spiro atoms. The maximum absolute atomic E-state index is 10.6. The van der Waals surface area contributed by atoms with Gasteiger partial charge in [-0.1, -0.05) is 19.1 Å². The fourth-order valence-electron chi connectivity index (χ4n) is 1.09. The lowest BCUT2D eigenvalue weighted by molar-refractivity contribution is -0.117. The summed E-state index contributed by atoms with van der Waals surface area (Å²) in [5, 5.41) is 0. The molecule has 0 radical (unpaired) electrons. The molecule has 0 aliphatic heterocycles. The molecule has 0 heterocycles. The Morgan fingerprint density at radius 2 is 1.93 bits per heavy atom. The monoisotopic (exact) mass is 210 g/mol. The average molecular weight is 210 g/mol. The van der Waals surface area contributed by atoms with E-state index >= 15 is 0 Å². The van der Waals surface area contributed by atoms with Gasteiger partial charge in [0.15, 0.2) is 0 Å². The summed E-state index contributed by atoms with van der Waals surface area (Å²) in [6.07, 6.45) is 12.7. The van der Waals surface area contributed by atoms with Crippen molar-refractivity contribution in [3.8, 4) is 0 Å². The second-order valence-corrected chi connectivity index (χ2v) is 3.51. The predicted molar refractivity (Wildman–Crippen MR) is 63.7 cm³/mol. The zero-order valence-corrected chi connectivity index (χ0v) is 9.87. The van der Waals surface area contributed by atoms with Crippen molar-refractivity contribution in [3.05, 3.63) is 24.5 Å². The molecule has 86 valence electrons. The number of ketones is 1. The smallest absolute Gasteiger partial charge is 0.129 e. The van der Waals surface area contributed by atoms with Gasteiger partial charge in [0.2, 0.25) is 0 Å². The van der Waals surface area contributed by atoms with Crippen LogP contribution in [0.2, 0.25) is 0 Å². The summed E-state index contributed by atoms with van der Waals surface area (Å²) in [5.41, 5.74) is 0. The normalized spacial score (nSPS) is 11.3. The summed E-state index contributed by atoms with van der Waals surface area (Å²) in [6.45, 7) is 4.38. The summed E-state index contributed by atoms with van der Waals surface area (Å²) < 4.78 is 5.23. The van der Waals surface area contributed by atoms with Gasteiger partial charge in [-0.25, -0.2) is 0 Å². The minimum absolute atomic E-state index is 0.229. The lowest BCUT2D eigenvalue weighted by Gasteiger charge is -1.97. The van der Waals surface area contributed by atoms with Crippen LogP contribution in [0.1, 0.15) is 46.0 Å². The third-order valence-electron chi connectivity index (χ3n) is 1.89. The van der Waals surface area contributed by atoms with Crippen LogP contribution in [0.5, 0.6) is 0 Å². The maximum Gasteiger partial charge on any atom is 0.129 e. The minimum atomic E-state index is 0.229. The molecule has 0 atom stereocenters. The number of unbranched alkanes of at least 4 members (excludes halogenated alkanes) is 1. The molecule has 0 saturated heterocycles. The van der Waals surface area contributed by atoms with E-state index in [1.54, 1.807) is 13.2 Å².